The van der Waals surface area contributed by atoms with Crippen LogP contribution in [0.1, 0.15) is 5.56 Å². The van der Waals surface area contributed by atoms with E-state index < -0.39 is 12.7 Å². The number of nitrogens with one attached hydrogen (secondary N) is 1. The molecule has 1 aromatic heterocycles. The van der Waals surface area contributed by atoms with Crippen molar-refractivity contribution in [2.24, 2.45) is 0 Å². The molecule has 0 fully saturated rings. The third kappa shape index (κ3) is 6.40. The van der Waals surface area contributed by atoms with Crippen molar-refractivity contribution >= 4 is 0 Å². The number of ether oxygens (including phenoxy) is 1. The van der Waals surface area contributed by atoms with Crippen LogP contribution < -0.4 is 10.1 Å². The Hall–Kier alpha value is -1.34. The van der Waals surface area contributed by atoms with E-state index in [1.807, 2.05) is 0 Å². The average Bonchev–Trinajstić information content (AvgIpc) is 2.34. The zero-order chi connectivity index (χ0) is 14.3. The summed E-state index contributed by atoms with van der Waals surface area (Å²) in [5.74, 6) is 0.401. The van der Waals surface area contributed by atoms with Crippen LogP contribution in [0.4, 0.5) is 13.2 Å². The van der Waals surface area contributed by atoms with Crippen LogP contribution in [0.5, 0.6) is 5.88 Å². The summed E-state index contributed by atoms with van der Waals surface area (Å²) >= 11 is 0. The normalized spacial score (nSPS) is 11.9. The Labute approximate surface area is 110 Å². The van der Waals surface area contributed by atoms with Crippen molar-refractivity contribution in [1.82, 2.24) is 15.2 Å². The number of methoxy groups -OCH3 is 1. The fourth-order valence-electron chi connectivity index (χ4n) is 1.66. The Morgan fingerprint density at radius 2 is 2.16 bits per heavy atom. The summed E-state index contributed by atoms with van der Waals surface area (Å²) in [6, 6.07) is 3.33. The molecule has 1 heterocycles. The summed E-state index contributed by atoms with van der Waals surface area (Å²) < 4.78 is 42.4. The van der Waals surface area contributed by atoms with Gasteiger partial charge in [0.05, 0.1) is 13.7 Å². The number of hydrogen-bond acceptors (Lipinski definition) is 4. The highest BCUT2D eigenvalue weighted by atomic mass is 19.4. The van der Waals surface area contributed by atoms with Gasteiger partial charge in [0.1, 0.15) is 0 Å². The van der Waals surface area contributed by atoms with Crippen LogP contribution in [-0.2, 0) is 6.54 Å². The van der Waals surface area contributed by atoms with Crippen LogP contribution >= 0.6 is 0 Å². The van der Waals surface area contributed by atoms with Crippen LogP contribution in [0.25, 0.3) is 0 Å². The Bertz CT molecular complexity index is 385. The van der Waals surface area contributed by atoms with Gasteiger partial charge >= 0.3 is 6.18 Å². The first-order valence-electron chi connectivity index (χ1n) is 5.87. The van der Waals surface area contributed by atoms with Crippen molar-refractivity contribution in [1.29, 1.82) is 0 Å². The number of halogens is 3. The molecule has 1 N–H and O–H groups in total. The molecule has 0 saturated heterocycles. The predicted molar refractivity (Wildman–Crippen MR) is 66.0 cm³/mol. The summed E-state index contributed by atoms with van der Waals surface area (Å²) in [7, 11) is 3.18. The molecule has 0 bridgehead atoms. The van der Waals surface area contributed by atoms with Gasteiger partial charge in [-0.25, -0.2) is 4.98 Å². The van der Waals surface area contributed by atoms with E-state index in [-0.39, 0.29) is 6.54 Å². The predicted octanol–water partition coefficient (Wildman–Crippen LogP) is 1.67. The molecule has 108 valence electrons. The van der Waals surface area contributed by atoms with Crippen molar-refractivity contribution in [2.45, 2.75) is 12.7 Å². The van der Waals surface area contributed by atoms with E-state index in [0.717, 1.165) is 5.56 Å². The van der Waals surface area contributed by atoms with Gasteiger partial charge in [-0.2, -0.15) is 13.2 Å². The molecule has 1 aromatic rings. The minimum atomic E-state index is -4.20. The Morgan fingerprint density at radius 3 is 2.74 bits per heavy atom. The molecule has 0 radical (unpaired) electrons. The lowest BCUT2D eigenvalue weighted by molar-refractivity contribution is -0.146. The maximum Gasteiger partial charge on any atom is 0.401 e. The second kappa shape index (κ2) is 7.30. The molecule has 19 heavy (non-hydrogen) atoms. The highest BCUT2D eigenvalue weighted by molar-refractivity contribution is 5.20. The lowest BCUT2D eigenvalue weighted by Gasteiger charge is -2.23. The quantitative estimate of drug-likeness (QED) is 0.822. The topological polar surface area (TPSA) is 37.4 Å². The summed E-state index contributed by atoms with van der Waals surface area (Å²) in [6.07, 6.45) is -2.68. The van der Waals surface area contributed by atoms with Crippen molar-refractivity contribution in [3.8, 4) is 5.88 Å². The van der Waals surface area contributed by atoms with Crippen molar-refractivity contribution in [3.63, 3.8) is 0 Å². The van der Waals surface area contributed by atoms with E-state index in [2.05, 4.69) is 10.3 Å². The number of alkyl halides is 3. The van der Waals surface area contributed by atoms with Crippen LogP contribution in [0.2, 0.25) is 0 Å². The third-order valence-corrected chi connectivity index (χ3v) is 2.50. The first kappa shape index (κ1) is 15.7. The van der Waals surface area contributed by atoms with Gasteiger partial charge in [-0.1, -0.05) is 0 Å². The summed E-state index contributed by atoms with van der Waals surface area (Å²) in [5.41, 5.74) is 0.743. The fraction of sp³-hybridized carbons (Fsp3) is 0.583. The zero-order valence-electron chi connectivity index (χ0n) is 11.0. The van der Waals surface area contributed by atoms with Crippen LogP contribution in [0.3, 0.4) is 0 Å². The van der Waals surface area contributed by atoms with Crippen LogP contribution in [0, 0.1) is 0 Å². The van der Waals surface area contributed by atoms with Crippen LogP contribution in [-0.4, -0.2) is 49.9 Å². The monoisotopic (exact) mass is 277 g/mol. The molecule has 4 nitrogen and oxygen atoms in total. The van der Waals surface area contributed by atoms with E-state index in [0.29, 0.717) is 19.0 Å². The standard InChI is InChI=1S/C12H18F3N3O/c1-16-5-6-18(9-12(13,14)15)8-10-3-4-17-11(7-10)19-2/h3-4,7,16H,5-6,8-9H2,1-2H3. The highest BCUT2D eigenvalue weighted by Crippen LogP contribution is 2.18. The lowest BCUT2D eigenvalue weighted by atomic mass is 10.2. The number of pyridine rings is 1. The maximum atomic E-state index is 12.5. The molecular weight excluding hydrogens is 259 g/mol. The number of aromatic nitrogens is 1. The summed E-state index contributed by atoms with van der Waals surface area (Å²) in [4.78, 5) is 5.27. The zero-order valence-corrected chi connectivity index (χ0v) is 11.0. The van der Waals surface area contributed by atoms with E-state index in [1.165, 1.54) is 18.2 Å². The Balaban J connectivity index is 2.69. The molecule has 7 heteroatoms. The molecule has 0 amide bonds. The van der Waals surface area contributed by atoms with Crippen molar-refractivity contribution in [3.05, 3.63) is 23.9 Å². The van der Waals surface area contributed by atoms with Gasteiger partial charge < -0.3 is 10.1 Å². The molecule has 0 aliphatic rings. The van der Waals surface area contributed by atoms with Crippen molar-refractivity contribution in [2.75, 3.05) is 33.8 Å². The van der Waals surface area contributed by atoms with Gasteiger partial charge in [-0.3, -0.25) is 4.90 Å². The van der Waals surface area contributed by atoms with Gasteiger partial charge in [-0.15, -0.1) is 0 Å². The van der Waals surface area contributed by atoms with E-state index in [9.17, 15) is 13.2 Å². The number of rotatable bonds is 7. The number of hydrogen-bond donors (Lipinski definition) is 1. The molecule has 0 saturated carbocycles. The average molecular weight is 277 g/mol. The molecule has 1 rings (SSSR count). The molecule has 0 aromatic carbocycles. The molecule has 0 unspecified atom stereocenters. The fourth-order valence-corrected chi connectivity index (χ4v) is 1.66. The van der Waals surface area contributed by atoms with Gasteiger partial charge in [-0.05, 0) is 18.7 Å². The number of nitrogens with zero attached hydrogens (tertiary/aromatic N) is 2. The molecule has 0 aliphatic heterocycles. The first-order valence-corrected chi connectivity index (χ1v) is 5.87. The second-order valence-electron chi connectivity index (χ2n) is 4.14. The molecule has 0 atom stereocenters. The van der Waals surface area contributed by atoms with E-state index in [4.69, 9.17) is 4.74 Å². The van der Waals surface area contributed by atoms with Gasteiger partial charge in [0, 0.05) is 31.9 Å². The smallest absolute Gasteiger partial charge is 0.401 e. The third-order valence-electron chi connectivity index (χ3n) is 2.50. The Kier molecular flexibility index (Phi) is 6.04. The van der Waals surface area contributed by atoms with Crippen molar-refractivity contribution < 1.29 is 17.9 Å². The van der Waals surface area contributed by atoms with E-state index >= 15 is 0 Å². The molecule has 0 spiro atoms. The Morgan fingerprint density at radius 1 is 1.42 bits per heavy atom. The number of likely N-dealkylation sites (N-methyl/N-ethyl adjacent to an activating group) is 1. The minimum Gasteiger partial charge on any atom is -0.481 e. The second-order valence-corrected chi connectivity index (χ2v) is 4.14. The summed E-state index contributed by atoms with van der Waals surface area (Å²) in [6.45, 7) is 0.0956. The maximum absolute atomic E-state index is 12.5. The lowest BCUT2D eigenvalue weighted by Crippen LogP contribution is -2.37. The SMILES string of the molecule is CNCCN(Cc1ccnc(OC)c1)CC(F)(F)F. The van der Waals surface area contributed by atoms with Gasteiger partial charge in [0.15, 0.2) is 0 Å². The van der Waals surface area contributed by atoms with Gasteiger partial charge in [0.2, 0.25) is 5.88 Å². The van der Waals surface area contributed by atoms with Gasteiger partial charge in [0.25, 0.3) is 0 Å². The minimum absolute atomic E-state index is 0.208. The molecule has 0 aliphatic carbocycles. The largest absolute Gasteiger partial charge is 0.481 e. The van der Waals surface area contributed by atoms with Crippen LogP contribution in [0.15, 0.2) is 18.3 Å². The summed E-state index contributed by atoms with van der Waals surface area (Å²) in [5, 5.41) is 2.85. The van der Waals surface area contributed by atoms with E-state index in [1.54, 1.807) is 19.2 Å². The molecular formula is C12H18F3N3O. The first-order chi connectivity index (χ1) is 8.94. The highest BCUT2D eigenvalue weighted by Gasteiger charge is 2.30.